The fourth-order valence-electron chi connectivity index (χ4n) is 4.00. The Hall–Kier alpha value is -2.00. The van der Waals surface area contributed by atoms with Crippen LogP contribution in [-0.2, 0) is 26.2 Å². The molecule has 0 unspecified atom stereocenters. The Balaban J connectivity index is 2.31. The minimum Gasteiger partial charge on any atom is -0.352 e. The molecule has 0 fully saturated rings. The number of nitrogens with one attached hydrogen (secondary N) is 1. The molecular formula is C26H34Cl3N3O4S. The quantitative estimate of drug-likeness (QED) is 0.337. The van der Waals surface area contributed by atoms with Crippen molar-refractivity contribution in [2.45, 2.75) is 65.6 Å². The maximum Gasteiger partial charge on any atom is 0.243 e. The first-order valence-corrected chi connectivity index (χ1v) is 15.0. The van der Waals surface area contributed by atoms with Crippen LogP contribution in [0.15, 0.2) is 36.4 Å². The third kappa shape index (κ3) is 8.50. The standard InChI is InChI=1S/C26H34Cl3N3O4S/c1-6-23(26(34)30-17(2)3)31(16-19-21(28)11-7-12-22(19)29)25(33)14-9-15-32(37(5,35)36)24-13-8-10-20(27)18(24)4/h7-8,10-13,17,23H,6,9,14-16H2,1-5H3,(H,30,34)/t23-/m1/s1. The summed E-state index contributed by atoms with van der Waals surface area (Å²) in [4.78, 5) is 28.0. The lowest BCUT2D eigenvalue weighted by molar-refractivity contribution is -0.141. The van der Waals surface area contributed by atoms with Crippen molar-refractivity contribution >= 4 is 62.3 Å². The molecule has 2 amide bonds. The van der Waals surface area contributed by atoms with Crippen molar-refractivity contribution in [2.75, 3.05) is 17.1 Å². The van der Waals surface area contributed by atoms with Gasteiger partial charge in [-0.25, -0.2) is 8.42 Å². The van der Waals surface area contributed by atoms with Crippen molar-refractivity contribution in [2.24, 2.45) is 0 Å². The number of hydrogen-bond acceptors (Lipinski definition) is 4. The first-order chi connectivity index (χ1) is 17.3. The van der Waals surface area contributed by atoms with Gasteiger partial charge in [-0.15, -0.1) is 0 Å². The molecule has 0 aliphatic heterocycles. The van der Waals surface area contributed by atoms with Crippen molar-refractivity contribution in [3.8, 4) is 0 Å². The molecule has 2 rings (SSSR count). The largest absolute Gasteiger partial charge is 0.352 e. The molecule has 0 spiro atoms. The summed E-state index contributed by atoms with van der Waals surface area (Å²) in [6, 6.07) is 9.27. The number of carbonyl (C=O) groups is 2. The summed E-state index contributed by atoms with van der Waals surface area (Å²) in [5.41, 5.74) is 1.64. The molecule has 0 saturated carbocycles. The molecule has 7 nitrogen and oxygen atoms in total. The third-order valence-corrected chi connectivity index (χ3v) is 8.16. The van der Waals surface area contributed by atoms with Gasteiger partial charge in [0.2, 0.25) is 21.8 Å². The lowest BCUT2D eigenvalue weighted by Crippen LogP contribution is -2.50. The lowest BCUT2D eigenvalue weighted by atomic mass is 10.1. The molecule has 2 aromatic rings. The van der Waals surface area contributed by atoms with E-state index in [1.807, 2.05) is 20.8 Å². The van der Waals surface area contributed by atoms with E-state index in [1.165, 1.54) is 9.21 Å². The molecule has 0 radical (unpaired) electrons. The first kappa shape index (κ1) is 31.2. The number of nitrogens with zero attached hydrogens (tertiary/aromatic N) is 2. The van der Waals surface area contributed by atoms with Gasteiger partial charge in [0.1, 0.15) is 6.04 Å². The van der Waals surface area contributed by atoms with Crippen molar-refractivity contribution in [1.82, 2.24) is 10.2 Å². The zero-order valence-electron chi connectivity index (χ0n) is 21.7. The van der Waals surface area contributed by atoms with Crippen LogP contribution in [0.1, 0.15) is 51.2 Å². The molecule has 0 aliphatic rings. The normalized spacial score (nSPS) is 12.4. The van der Waals surface area contributed by atoms with Crippen LogP contribution in [0.3, 0.4) is 0 Å². The maximum absolute atomic E-state index is 13.5. The van der Waals surface area contributed by atoms with Gasteiger partial charge in [0.05, 0.1) is 11.9 Å². The Kier molecular flexibility index (Phi) is 11.6. The Morgan fingerprint density at radius 2 is 1.57 bits per heavy atom. The van der Waals surface area contributed by atoms with Crippen molar-refractivity contribution in [1.29, 1.82) is 0 Å². The van der Waals surface area contributed by atoms with Crippen molar-refractivity contribution in [3.05, 3.63) is 62.6 Å². The van der Waals surface area contributed by atoms with Crippen molar-refractivity contribution < 1.29 is 18.0 Å². The topological polar surface area (TPSA) is 86.8 Å². The summed E-state index contributed by atoms with van der Waals surface area (Å²) < 4.78 is 26.4. The number of rotatable bonds is 12. The molecule has 37 heavy (non-hydrogen) atoms. The number of carbonyl (C=O) groups excluding carboxylic acids is 2. The van der Waals surface area contributed by atoms with Crippen LogP contribution in [0.4, 0.5) is 5.69 Å². The molecule has 204 valence electrons. The number of amides is 2. The lowest BCUT2D eigenvalue weighted by Gasteiger charge is -2.32. The van der Waals surface area contributed by atoms with Crippen LogP contribution in [0, 0.1) is 6.92 Å². The molecule has 0 bridgehead atoms. The van der Waals surface area contributed by atoms with E-state index >= 15 is 0 Å². The van der Waals surface area contributed by atoms with Crippen LogP contribution in [-0.4, -0.2) is 50.0 Å². The molecule has 1 N–H and O–H groups in total. The van der Waals surface area contributed by atoms with Crippen LogP contribution >= 0.6 is 34.8 Å². The number of anilines is 1. The molecular weight excluding hydrogens is 557 g/mol. The molecule has 1 atom stereocenters. The molecule has 0 heterocycles. The van der Waals surface area contributed by atoms with E-state index in [0.29, 0.717) is 38.3 Å². The van der Waals surface area contributed by atoms with Gasteiger partial charge in [0, 0.05) is 46.2 Å². The summed E-state index contributed by atoms with van der Waals surface area (Å²) in [7, 11) is -3.63. The predicted octanol–water partition coefficient (Wildman–Crippen LogP) is 5.83. The average Bonchev–Trinajstić information content (AvgIpc) is 2.79. The van der Waals surface area contributed by atoms with E-state index in [2.05, 4.69) is 5.32 Å². The predicted molar refractivity (Wildman–Crippen MR) is 152 cm³/mol. The van der Waals surface area contributed by atoms with E-state index in [0.717, 1.165) is 6.26 Å². The zero-order valence-corrected chi connectivity index (χ0v) is 24.8. The third-order valence-electron chi connectivity index (χ3n) is 5.87. The van der Waals surface area contributed by atoms with Gasteiger partial charge in [-0.1, -0.05) is 53.9 Å². The molecule has 11 heteroatoms. The van der Waals surface area contributed by atoms with Crippen LogP contribution < -0.4 is 9.62 Å². The SMILES string of the molecule is CC[C@H](C(=O)NC(C)C)N(Cc1c(Cl)cccc1Cl)C(=O)CCCN(c1cccc(Cl)c1C)S(C)(=O)=O. The molecule has 2 aromatic carbocycles. The second-order valence-corrected chi connectivity index (χ2v) is 12.3. The smallest absolute Gasteiger partial charge is 0.243 e. The summed E-state index contributed by atoms with van der Waals surface area (Å²) in [5, 5.41) is 4.11. The van der Waals surface area contributed by atoms with E-state index < -0.39 is 16.1 Å². The molecule has 0 saturated heterocycles. The van der Waals surface area contributed by atoms with Crippen LogP contribution in [0.5, 0.6) is 0 Å². The minimum absolute atomic E-state index is 0.0131. The average molecular weight is 591 g/mol. The molecule has 0 aromatic heterocycles. The Morgan fingerprint density at radius 3 is 2.11 bits per heavy atom. The summed E-state index contributed by atoms with van der Waals surface area (Å²) in [6.45, 7) is 7.38. The highest BCUT2D eigenvalue weighted by Gasteiger charge is 2.30. The number of hydrogen-bond donors (Lipinski definition) is 1. The Bertz CT molecular complexity index is 1200. The second kappa shape index (κ2) is 13.7. The summed E-state index contributed by atoms with van der Waals surface area (Å²) in [5.74, 6) is -0.584. The number of sulfonamides is 1. The molecule has 0 aliphatic carbocycles. The van der Waals surface area contributed by atoms with Gasteiger partial charge in [0.25, 0.3) is 0 Å². The van der Waals surface area contributed by atoms with Gasteiger partial charge in [0.15, 0.2) is 0 Å². The van der Waals surface area contributed by atoms with Gasteiger partial charge in [-0.05, 0) is 63.4 Å². The fourth-order valence-corrected chi connectivity index (χ4v) is 5.70. The monoisotopic (exact) mass is 589 g/mol. The highest BCUT2D eigenvalue weighted by atomic mass is 35.5. The number of halogens is 3. The van der Waals surface area contributed by atoms with Gasteiger partial charge >= 0.3 is 0 Å². The fraction of sp³-hybridized carbons (Fsp3) is 0.462. The Morgan fingerprint density at radius 1 is 1.00 bits per heavy atom. The zero-order chi connectivity index (χ0) is 27.9. The minimum atomic E-state index is -3.63. The van der Waals surface area contributed by atoms with Crippen molar-refractivity contribution in [3.63, 3.8) is 0 Å². The first-order valence-electron chi connectivity index (χ1n) is 12.0. The van der Waals surface area contributed by atoms with Crippen LogP contribution in [0.2, 0.25) is 15.1 Å². The highest BCUT2D eigenvalue weighted by molar-refractivity contribution is 7.92. The summed E-state index contributed by atoms with van der Waals surface area (Å²) in [6.07, 6.45) is 1.74. The Labute approximate surface area is 235 Å². The summed E-state index contributed by atoms with van der Waals surface area (Å²) >= 11 is 19.0. The highest BCUT2D eigenvalue weighted by Crippen LogP contribution is 2.29. The van der Waals surface area contributed by atoms with E-state index in [-0.39, 0.29) is 43.8 Å². The van der Waals surface area contributed by atoms with Crippen LogP contribution in [0.25, 0.3) is 0 Å². The van der Waals surface area contributed by atoms with Gasteiger partial charge in [-0.2, -0.15) is 0 Å². The van der Waals surface area contributed by atoms with Gasteiger partial charge < -0.3 is 10.2 Å². The maximum atomic E-state index is 13.5. The number of benzene rings is 2. The van der Waals surface area contributed by atoms with E-state index in [4.69, 9.17) is 34.8 Å². The van der Waals surface area contributed by atoms with Gasteiger partial charge in [-0.3, -0.25) is 13.9 Å². The second-order valence-electron chi connectivity index (χ2n) is 9.13. The van der Waals surface area contributed by atoms with E-state index in [9.17, 15) is 18.0 Å². The van der Waals surface area contributed by atoms with E-state index in [1.54, 1.807) is 43.3 Å².